The van der Waals surface area contributed by atoms with Crippen molar-refractivity contribution in [1.82, 2.24) is 0 Å². The molecule has 0 aromatic rings. The van der Waals surface area contributed by atoms with Gasteiger partial charge in [-0.3, -0.25) is 14.4 Å². The number of esters is 3. The molecule has 0 fully saturated rings. The van der Waals surface area contributed by atoms with E-state index in [-0.39, 0.29) is 31.1 Å². The van der Waals surface area contributed by atoms with Gasteiger partial charge in [-0.15, -0.1) is 0 Å². The molecule has 45 heavy (non-hydrogen) atoms. The summed E-state index contributed by atoms with van der Waals surface area (Å²) in [7, 11) is 0. The van der Waals surface area contributed by atoms with Gasteiger partial charge in [0.25, 0.3) is 0 Å². The molecule has 0 bridgehead atoms. The Hall–Kier alpha value is -1.59. The molecule has 0 saturated heterocycles. The summed E-state index contributed by atoms with van der Waals surface area (Å²) in [5, 5.41) is 0. The van der Waals surface area contributed by atoms with Crippen LogP contribution < -0.4 is 0 Å². The van der Waals surface area contributed by atoms with Crippen LogP contribution in [0, 0.1) is 11.8 Å². The van der Waals surface area contributed by atoms with E-state index in [1.807, 2.05) is 0 Å². The molecule has 0 aromatic heterocycles. The number of hydrogen-bond donors (Lipinski definition) is 0. The summed E-state index contributed by atoms with van der Waals surface area (Å²) in [6.07, 6.45) is 26.9. The summed E-state index contributed by atoms with van der Waals surface area (Å²) in [6, 6.07) is 0. The molecule has 0 spiro atoms. The second-order valence-corrected chi connectivity index (χ2v) is 13.9. The molecule has 0 aliphatic rings. The van der Waals surface area contributed by atoms with Crippen molar-refractivity contribution in [2.75, 3.05) is 13.2 Å². The highest BCUT2D eigenvalue weighted by Gasteiger charge is 2.19. The van der Waals surface area contributed by atoms with Gasteiger partial charge >= 0.3 is 17.9 Å². The number of carbonyl (C=O) groups is 3. The minimum Gasteiger partial charge on any atom is -0.462 e. The fraction of sp³-hybridized carbons (Fsp3) is 0.923. The lowest BCUT2D eigenvalue weighted by atomic mass is 10.00. The standard InChI is InChI=1S/C39H74O6/c1-6-8-9-17-24-29-37(40)43-32-36(33-44-38(41)30-25-20-16-15-19-23-28-35(5)7-2)45-39(42)31-26-21-14-12-10-11-13-18-22-27-34(3)4/h34-36H,6-33H2,1-5H3/t35?,36-/m1/s1. The predicted octanol–water partition coefficient (Wildman–Crippen LogP) is 11.5. The van der Waals surface area contributed by atoms with Crippen LogP contribution in [0.4, 0.5) is 0 Å². The van der Waals surface area contributed by atoms with Crippen LogP contribution in [0.1, 0.15) is 202 Å². The largest absolute Gasteiger partial charge is 0.462 e. The van der Waals surface area contributed by atoms with E-state index in [1.54, 1.807) is 0 Å². The number of carbonyl (C=O) groups excluding carboxylic acids is 3. The van der Waals surface area contributed by atoms with Gasteiger partial charge in [0.2, 0.25) is 0 Å². The summed E-state index contributed by atoms with van der Waals surface area (Å²) in [6.45, 7) is 11.2. The summed E-state index contributed by atoms with van der Waals surface area (Å²) >= 11 is 0. The zero-order chi connectivity index (χ0) is 33.4. The van der Waals surface area contributed by atoms with Gasteiger partial charge in [0.15, 0.2) is 6.10 Å². The third-order valence-electron chi connectivity index (χ3n) is 8.83. The SMILES string of the molecule is CCCCCCCC(=O)OC[C@H](COC(=O)CCCCCCCCC(C)CC)OC(=O)CCCCCCCCCCCC(C)C. The van der Waals surface area contributed by atoms with Crippen LogP contribution in [-0.2, 0) is 28.6 Å². The highest BCUT2D eigenvalue weighted by molar-refractivity contribution is 5.71. The van der Waals surface area contributed by atoms with E-state index in [4.69, 9.17) is 14.2 Å². The quantitative estimate of drug-likeness (QED) is 0.0404. The Bertz CT molecular complexity index is 691. The maximum atomic E-state index is 12.6. The summed E-state index contributed by atoms with van der Waals surface area (Å²) < 4.78 is 16.5. The van der Waals surface area contributed by atoms with Gasteiger partial charge in [-0.2, -0.15) is 0 Å². The topological polar surface area (TPSA) is 78.9 Å². The third kappa shape index (κ3) is 32.2. The Morgan fingerprint density at radius 1 is 0.467 bits per heavy atom. The van der Waals surface area contributed by atoms with Gasteiger partial charge in [-0.25, -0.2) is 0 Å². The molecule has 0 saturated carbocycles. The van der Waals surface area contributed by atoms with E-state index in [1.165, 1.54) is 83.5 Å². The second kappa shape index (κ2) is 32.4. The van der Waals surface area contributed by atoms with E-state index < -0.39 is 6.10 Å². The van der Waals surface area contributed by atoms with E-state index in [9.17, 15) is 14.4 Å². The fourth-order valence-electron chi connectivity index (χ4n) is 5.48. The third-order valence-corrected chi connectivity index (χ3v) is 8.83. The zero-order valence-electron chi connectivity index (χ0n) is 30.5. The molecule has 6 heteroatoms. The predicted molar refractivity (Wildman–Crippen MR) is 187 cm³/mol. The van der Waals surface area contributed by atoms with E-state index in [0.717, 1.165) is 76.0 Å². The van der Waals surface area contributed by atoms with E-state index in [2.05, 4.69) is 34.6 Å². The lowest BCUT2D eigenvalue weighted by Crippen LogP contribution is -2.30. The smallest absolute Gasteiger partial charge is 0.306 e. The van der Waals surface area contributed by atoms with Crippen LogP contribution in [-0.4, -0.2) is 37.2 Å². The number of unbranched alkanes of at least 4 members (excludes halogenated alkanes) is 17. The van der Waals surface area contributed by atoms with Gasteiger partial charge in [0.1, 0.15) is 13.2 Å². The molecule has 0 radical (unpaired) electrons. The second-order valence-electron chi connectivity index (χ2n) is 13.9. The molecular weight excluding hydrogens is 564 g/mol. The number of ether oxygens (including phenoxy) is 3. The van der Waals surface area contributed by atoms with Crippen molar-refractivity contribution >= 4 is 17.9 Å². The first kappa shape index (κ1) is 43.4. The van der Waals surface area contributed by atoms with Gasteiger partial charge in [-0.05, 0) is 31.1 Å². The van der Waals surface area contributed by atoms with E-state index >= 15 is 0 Å². The van der Waals surface area contributed by atoms with Crippen LogP contribution in [0.2, 0.25) is 0 Å². The molecule has 6 nitrogen and oxygen atoms in total. The fourth-order valence-corrected chi connectivity index (χ4v) is 5.48. The molecule has 0 heterocycles. The molecule has 0 rings (SSSR count). The Morgan fingerprint density at radius 2 is 0.844 bits per heavy atom. The molecule has 266 valence electrons. The Kier molecular flexibility index (Phi) is 31.2. The van der Waals surface area contributed by atoms with Crippen molar-refractivity contribution in [1.29, 1.82) is 0 Å². The van der Waals surface area contributed by atoms with Crippen molar-refractivity contribution in [3.63, 3.8) is 0 Å². The van der Waals surface area contributed by atoms with E-state index in [0.29, 0.717) is 19.3 Å². The number of hydrogen-bond acceptors (Lipinski definition) is 6. The molecule has 0 aliphatic carbocycles. The lowest BCUT2D eigenvalue weighted by molar-refractivity contribution is -0.167. The molecule has 0 amide bonds. The zero-order valence-corrected chi connectivity index (χ0v) is 30.5. The molecular formula is C39H74O6. The van der Waals surface area contributed by atoms with Crippen LogP contribution in [0.15, 0.2) is 0 Å². The maximum Gasteiger partial charge on any atom is 0.306 e. The molecule has 2 atom stereocenters. The van der Waals surface area contributed by atoms with Crippen molar-refractivity contribution < 1.29 is 28.6 Å². The van der Waals surface area contributed by atoms with Crippen molar-refractivity contribution in [2.24, 2.45) is 11.8 Å². The first-order valence-corrected chi connectivity index (χ1v) is 19.3. The average Bonchev–Trinajstić information content (AvgIpc) is 3.01. The molecule has 0 aromatic carbocycles. The van der Waals surface area contributed by atoms with Crippen molar-refractivity contribution in [3.8, 4) is 0 Å². The van der Waals surface area contributed by atoms with Crippen LogP contribution in [0.5, 0.6) is 0 Å². The summed E-state index contributed by atoms with van der Waals surface area (Å²) in [5.74, 6) is 0.736. The Balaban J connectivity index is 4.30. The molecule has 0 aliphatic heterocycles. The van der Waals surface area contributed by atoms with Crippen LogP contribution >= 0.6 is 0 Å². The highest BCUT2D eigenvalue weighted by Crippen LogP contribution is 2.16. The molecule has 1 unspecified atom stereocenters. The average molecular weight is 639 g/mol. The van der Waals surface area contributed by atoms with Crippen LogP contribution in [0.3, 0.4) is 0 Å². The lowest BCUT2D eigenvalue weighted by Gasteiger charge is -2.18. The first-order chi connectivity index (χ1) is 21.8. The maximum absolute atomic E-state index is 12.6. The van der Waals surface area contributed by atoms with Crippen LogP contribution in [0.25, 0.3) is 0 Å². The van der Waals surface area contributed by atoms with Crippen molar-refractivity contribution in [2.45, 2.75) is 208 Å². The minimum absolute atomic E-state index is 0.0683. The van der Waals surface area contributed by atoms with Crippen molar-refractivity contribution in [3.05, 3.63) is 0 Å². The van der Waals surface area contributed by atoms with Gasteiger partial charge in [-0.1, -0.05) is 163 Å². The normalized spacial score (nSPS) is 12.7. The van der Waals surface area contributed by atoms with Gasteiger partial charge < -0.3 is 14.2 Å². The highest BCUT2D eigenvalue weighted by atomic mass is 16.6. The Morgan fingerprint density at radius 3 is 1.27 bits per heavy atom. The number of rotatable bonds is 33. The monoisotopic (exact) mass is 639 g/mol. The summed E-state index contributed by atoms with van der Waals surface area (Å²) in [4.78, 5) is 37.2. The summed E-state index contributed by atoms with van der Waals surface area (Å²) in [5.41, 5.74) is 0. The minimum atomic E-state index is -0.758. The Labute approximate surface area is 278 Å². The van der Waals surface area contributed by atoms with Gasteiger partial charge in [0.05, 0.1) is 0 Å². The first-order valence-electron chi connectivity index (χ1n) is 19.3. The van der Waals surface area contributed by atoms with Gasteiger partial charge in [0, 0.05) is 19.3 Å². The molecule has 0 N–H and O–H groups in total.